The molecule has 0 radical (unpaired) electrons. The molecule has 5 rings (SSSR count). The van der Waals surface area contributed by atoms with Crippen molar-refractivity contribution < 1.29 is 14.0 Å². The normalized spacial score (nSPS) is 13.1. The van der Waals surface area contributed by atoms with Crippen LogP contribution in [0.4, 0.5) is 5.69 Å². The first-order valence-electron chi connectivity index (χ1n) is 10.3. The van der Waals surface area contributed by atoms with E-state index in [9.17, 15) is 9.59 Å². The van der Waals surface area contributed by atoms with Crippen molar-refractivity contribution in [2.24, 2.45) is 0 Å². The monoisotopic (exact) mass is 463 g/mol. The Balaban J connectivity index is 1.36. The number of rotatable bonds is 4. The van der Waals surface area contributed by atoms with Gasteiger partial charge in [-0.1, -0.05) is 6.07 Å². The van der Waals surface area contributed by atoms with Crippen LogP contribution in [0.3, 0.4) is 0 Å². The maximum absolute atomic E-state index is 13.2. The number of carbonyl (C=O) groups excluding carboxylic acids is 2. The molecule has 1 aliphatic heterocycles. The van der Waals surface area contributed by atoms with Crippen LogP contribution in [0.15, 0.2) is 52.5 Å². The van der Waals surface area contributed by atoms with Gasteiger partial charge in [0, 0.05) is 34.1 Å². The highest BCUT2D eigenvalue weighted by atomic mass is 32.1. The molecule has 0 bridgehead atoms. The van der Waals surface area contributed by atoms with Crippen LogP contribution in [0.2, 0.25) is 0 Å². The summed E-state index contributed by atoms with van der Waals surface area (Å²) < 4.78 is 5.40. The number of aryl methyl sites for hydroxylation is 1. The van der Waals surface area contributed by atoms with Crippen molar-refractivity contribution in [3.05, 3.63) is 80.2 Å². The van der Waals surface area contributed by atoms with Crippen molar-refractivity contribution in [3.63, 3.8) is 0 Å². The van der Waals surface area contributed by atoms with Crippen molar-refractivity contribution in [3.8, 4) is 10.8 Å². The van der Waals surface area contributed by atoms with E-state index in [4.69, 9.17) is 4.42 Å². The summed E-state index contributed by atoms with van der Waals surface area (Å²) >= 11 is 3.16. The Morgan fingerprint density at radius 1 is 1.16 bits per heavy atom. The summed E-state index contributed by atoms with van der Waals surface area (Å²) in [6, 6.07) is 11.1. The van der Waals surface area contributed by atoms with Gasteiger partial charge in [-0.2, -0.15) is 0 Å². The topological polar surface area (TPSA) is 75.4 Å². The average molecular weight is 464 g/mol. The van der Waals surface area contributed by atoms with Gasteiger partial charge in [-0.15, -0.1) is 22.7 Å². The first-order chi connectivity index (χ1) is 15.5. The molecule has 0 fully saturated rings. The number of hydrogen-bond acceptors (Lipinski definition) is 6. The molecule has 0 atom stereocenters. The molecule has 0 aliphatic carbocycles. The molecule has 0 saturated carbocycles. The van der Waals surface area contributed by atoms with E-state index in [0.717, 1.165) is 16.9 Å². The maximum atomic E-state index is 13.2. The van der Waals surface area contributed by atoms with E-state index in [1.165, 1.54) is 21.8 Å². The van der Waals surface area contributed by atoms with Gasteiger partial charge in [0.2, 0.25) is 0 Å². The van der Waals surface area contributed by atoms with Gasteiger partial charge < -0.3 is 14.6 Å². The van der Waals surface area contributed by atoms with E-state index >= 15 is 0 Å². The summed E-state index contributed by atoms with van der Waals surface area (Å²) in [5.74, 6) is 0.321. The summed E-state index contributed by atoms with van der Waals surface area (Å²) in [6.07, 6.45) is 2.47. The fourth-order valence-corrected chi connectivity index (χ4v) is 5.66. The van der Waals surface area contributed by atoms with Crippen LogP contribution in [0.5, 0.6) is 0 Å². The zero-order chi connectivity index (χ0) is 22.2. The number of benzene rings is 1. The molecule has 8 heteroatoms. The summed E-state index contributed by atoms with van der Waals surface area (Å²) in [5.41, 5.74) is 3.55. The molecule has 6 nitrogen and oxygen atoms in total. The minimum Gasteiger partial charge on any atom is -0.462 e. The molecule has 1 N–H and O–H groups in total. The van der Waals surface area contributed by atoms with Crippen LogP contribution in [0, 0.1) is 13.8 Å². The van der Waals surface area contributed by atoms with E-state index < -0.39 is 0 Å². The third kappa shape index (κ3) is 3.76. The largest absolute Gasteiger partial charge is 0.462 e. The number of thiazole rings is 1. The number of furan rings is 1. The van der Waals surface area contributed by atoms with E-state index in [-0.39, 0.29) is 11.8 Å². The smallest absolute Gasteiger partial charge is 0.275 e. The predicted octanol–water partition coefficient (Wildman–Crippen LogP) is 5.53. The standard InChI is InChI=1S/C24H21N3O3S2/c1-14-17(24(29)27-10-8-20-16(13-27)9-12-31-20)5-3-6-18(14)25-22(28)21-15(2)32-23(26-21)19-7-4-11-30-19/h3-7,9,11-12H,8,10,13H2,1-2H3,(H,25,28). The molecule has 162 valence electrons. The van der Waals surface area contributed by atoms with E-state index in [0.29, 0.717) is 40.8 Å². The van der Waals surface area contributed by atoms with Crippen molar-refractivity contribution in [1.82, 2.24) is 9.88 Å². The first kappa shape index (κ1) is 20.7. The molecule has 1 aliphatic rings. The summed E-state index contributed by atoms with van der Waals surface area (Å²) in [4.78, 5) is 34.7. The number of anilines is 1. The van der Waals surface area contributed by atoms with Crippen LogP contribution in [0.25, 0.3) is 10.8 Å². The fourth-order valence-electron chi connectivity index (χ4n) is 3.89. The molecule has 4 aromatic rings. The highest BCUT2D eigenvalue weighted by molar-refractivity contribution is 7.15. The molecule has 2 amide bonds. The number of thiophene rings is 1. The Bertz CT molecular complexity index is 1300. The Hall–Kier alpha value is -3.23. The number of aromatic nitrogens is 1. The number of hydrogen-bond donors (Lipinski definition) is 1. The fraction of sp³-hybridized carbons (Fsp3) is 0.208. The van der Waals surface area contributed by atoms with Crippen molar-refractivity contribution in [2.75, 3.05) is 11.9 Å². The third-order valence-corrected chi connectivity index (χ3v) is 7.66. The summed E-state index contributed by atoms with van der Waals surface area (Å²) in [7, 11) is 0. The molecular weight excluding hydrogens is 442 g/mol. The van der Waals surface area contributed by atoms with Crippen LogP contribution < -0.4 is 5.32 Å². The third-order valence-electron chi connectivity index (χ3n) is 5.65. The SMILES string of the molecule is Cc1sc(-c2ccco2)nc1C(=O)Nc1cccc(C(=O)N2CCc3sccc3C2)c1C. The number of nitrogens with zero attached hydrogens (tertiary/aromatic N) is 2. The highest BCUT2D eigenvalue weighted by Gasteiger charge is 2.25. The minimum absolute atomic E-state index is 0.0135. The average Bonchev–Trinajstić information content (AvgIpc) is 3.54. The molecule has 0 unspecified atom stereocenters. The van der Waals surface area contributed by atoms with Crippen LogP contribution in [0.1, 0.15) is 41.7 Å². The van der Waals surface area contributed by atoms with Gasteiger partial charge >= 0.3 is 0 Å². The van der Waals surface area contributed by atoms with Gasteiger partial charge in [-0.3, -0.25) is 9.59 Å². The van der Waals surface area contributed by atoms with Gasteiger partial charge in [0.25, 0.3) is 11.8 Å². The van der Waals surface area contributed by atoms with Crippen molar-refractivity contribution in [2.45, 2.75) is 26.8 Å². The first-order valence-corrected chi connectivity index (χ1v) is 12.0. The van der Waals surface area contributed by atoms with Gasteiger partial charge in [-0.05, 0) is 67.1 Å². The molecule has 32 heavy (non-hydrogen) atoms. The quantitative estimate of drug-likeness (QED) is 0.432. The Kier molecular flexibility index (Phi) is 5.40. The van der Waals surface area contributed by atoms with Crippen LogP contribution >= 0.6 is 22.7 Å². The van der Waals surface area contributed by atoms with E-state index in [2.05, 4.69) is 21.7 Å². The number of fused-ring (bicyclic) bond motifs is 1. The number of carbonyl (C=O) groups is 2. The van der Waals surface area contributed by atoms with E-state index in [1.807, 2.05) is 36.9 Å². The van der Waals surface area contributed by atoms with Crippen LogP contribution in [-0.2, 0) is 13.0 Å². The molecular formula is C24H21N3O3S2. The second-order valence-electron chi connectivity index (χ2n) is 7.68. The lowest BCUT2D eigenvalue weighted by molar-refractivity contribution is 0.0735. The van der Waals surface area contributed by atoms with Gasteiger partial charge in [0.15, 0.2) is 10.8 Å². The van der Waals surface area contributed by atoms with E-state index in [1.54, 1.807) is 29.7 Å². The molecule has 0 spiro atoms. The minimum atomic E-state index is -0.301. The zero-order valence-corrected chi connectivity index (χ0v) is 19.3. The van der Waals surface area contributed by atoms with Gasteiger partial charge in [0.1, 0.15) is 5.69 Å². The number of nitrogens with one attached hydrogen (secondary N) is 1. The van der Waals surface area contributed by atoms with Gasteiger partial charge in [0.05, 0.1) is 6.26 Å². The predicted molar refractivity (Wildman–Crippen MR) is 126 cm³/mol. The van der Waals surface area contributed by atoms with Crippen molar-refractivity contribution in [1.29, 1.82) is 0 Å². The molecule has 3 aromatic heterocycles. The lowest BCUT2D eigenvalue weighted by Gasteiger charge is -2.28. The summed E-state index contributed by atoms with van der Waals surface area (Å²) in [5, 5.41) is 5.69. The highest BCUT2D eigenvalue weighted by Crippen LogP contribution is 2.30. The summed E-state index contributed by atoms with van der Waals surface area (Å²) in [6.45, 7) is 5.06. The maximum Gasteiger partial charge on any atom is 0.275 e. The zero-order valence-electron chi connectivity index (χ0n) is 17.7. The molecule has 0 saturated heterocycles. The second kappa shape index (κ2) is 8.37. The van der Waals surface area contributed by atoms with Gasteiger partial charge in [-0.25, -0.2) is 4.98 Å². The Morgan fingerprint density at radius 2 is 2.03 bits per heavy atom. The number of amides is 2. The lowest BCUT2D eigenvalue weighted by Crippen LogP contribution is -2.35. The second-order valence-corrected chi connectivity index (χ2v) is 9.88. The Labute approximate surface area is 193 Å². The van der Waals surface area contributed by atoms with Crippen molar-refractivity contribution >= 4 is 40.2 Å². The molecule has 4 heterocycles. The molecule has 1 aromatic carbocycles. The van der Waals surface area contributed by atoms with Crippen LogP contribution in [-0.4, -0.2) is 28.2 Å². The lowest BCUT2D eigenvalue weighted by atomic mass is 10.0. The Morgan fingerprint density at radius 3 is 2.84 bits per heavy atom.